The molecule has 2 rings (SSSR count). The molecule has 2 aromatic rings. The van der Waals surface area contributed by atoms with Crippen molar-refractivity contribution in [3.63, 3.8) is 0 Å². The van der Waals surface area contributed by atoms with Crippen LogP contribution >= 0.6 is 23.2 Å². The summed E-state index contributed by atoms with van der Waals surface area (Å²) in [6, 6.07) is 9.91. The molecule has 0 aliphatic carbocycles. The zero-order chi connectivity index (χ0) is 13.8. The second kappa shape index (κ2) is 5.86. The number of hydrogen-bond acceptors (Lipinski definition) is 4. The Kier molecular flexibility index (Phi) is 4.19. The van der Waals surface area contributed by atoms with E-state index in [4.69, 9.17) is 23.2 Å². The van der Waals surface area contributed by atoms with Crippen molar-refractivity contribution in [1.29, 1.82) is 0 Å². The quantitative estimate of drug-likeness (QED) is 0.528. The van der Waals surface area contributed by atoms with E-state index in [0.29, 0.717) is 11.6 Å². The van der Waals surface area contributed by atoms with Crippen LogP contribution in [0.3, 0.4) is 0 Å². The van der Waals surface area contributed by atoms with E-state index in [1.807, 2.05) is 18.2 Å². The molecule has 0 amide bonds. The number of pyridine rings is 1. The Bertz CT molecular complexity index is 620. The van der Waals surface area contributed by atoms with E-state index < -0.39 is 4.92 Å². The summed E-state index contributed by atoms with van der Waals surface area (Å²) in [7, 11) is 0. The molecule has 19 heavy (non-hydrogen) atoms. The molecule has 98 valence electrons. The summed E-state index contributed by atoms with van der Waals surface area (Å²) in [6.07, 6.45) is 0. The SMILES string of the molecule is O=[N+]([O-])c1ccc(Cl)nc1NCc1ccccc1Cl. The number of benzene rings is 1. The molecule has 1 N–H and O–H groups in total. The average molecular weight is 298 g/mol. The molecule has 0 fully saturated rings. The van der Waals surface area contributed by atoms with Crippen molar-refractivity contribution in [3.8, 4) is 0 Å². The molecule has 1 aromatic heterocycles. The lowest BCUT2D eigenvalue weighted by Gasteiger charge is -2.07. The Balaban J connectivity index is 2.22. The zero-order valence-electron chi connectivity index (χ0n) is 9.64. The van der Waals surface area contributed by atoms with E-state index in [2.05, 4.69) is 10.3 Å². The van der Waals surface area contributed by atoms with Crippen molar-refractivity contribution in [2.75, 3.05) is 5.32 Å². The van der Waals surface area contributed by atoms with Crippen LogP contribution in [0.1, 0.15) is 5.56 Å². The minimum atomic E-state index is -0.516. The first-order valence-corrected chi connectivity index (χ1v) is 6.12. The zero-order valence-corrected chi connectivity index (χ0v) is 11.1. The maximum absolute atomic E-state index is 10.9. The Morgan fingerprint density at radius 1 is 1.21 bits per heavy atom. The van der Waals surface area contributed by atoms with Crippen LogP contribution in [0, 0.1) is 10.1 Å². The van der Waals surface area contributed by atoms with E-state index >= 15 is 0 Å². The number of nitrogens with zero attached hydrogens (tertiary/aromatic N) is 2. The van der Waals surface area contributed by atoms with Gasteiger partial charge in [0, 0.05) is 17.6 Å². The van der Waals surface area contributed by atoms with E-state index in [1.54, 1.807) is 6.07 Å². The van der Waals surface area contributed by atoms with Gasteiger partial charge in [-0.1, -0.05) is 41.4 Å². The molecule has 1 aromatic carbocycles. The van der Waals surface area contributed by atoms with Gasteiger partial charge in [-0.3, -0.25) is 10.1 Å². The lowest BCUT2D eigenvalue weighted by molar-refractivity contribution is -0.384. The largest absolute Gasteiger partial charge is 0.360 e. The first-order valence-electron chi connectivity index (χ1n) is 5.36. The monoisotopic (exact) mass is 297 g/mol. The predicted octanol–water partition coefficient (Wildman–Crippen LogP) is 3.91. The Labute approximate surface area is 119 Å². The first-order chi connectivity index (χ1) is 9.08. The van der Waals surface area contributed by atoms with E-state index in [0.717, 1.165) is 5.56 Å². The summed E-state index contributed by atoms with van der Waals surface area (Å²) >= 11 is 11.7. The number of aromatic nitrogens is 1. The summed E-state index contributed by atoms with van der Waals surface area (Å²) < 4.78 is 0. The molecule has 7 heteroatoms. The third-order valence-corrected chi connectivity index (χ3v) is 3.02. The Hall–Kier alpha value is -1.85. The molecule has 0 radical (unpaired) electrons. The van der Waals surface area contributed by atoms with Crippen molar-refractivity contribution in [3.05, 3.63) is 62.3 Å². The topological polar surface area (TPSA) is 68.1 Å². The Morgan fingerprint density at radius 3 is 2.63 bits per heavy atom. The van der Waals surface area contributed by atoms with Crippen LogP contribution in [-0.4, -0.2) is 9.91 Å². The van der Waals surface area contributed by atoms with Crippen molar-refractivity contribution >= 4 is 34.7 Å². The molecule has 0 saturated carbocycles. The van der Waals surface area contributed by atoms with Crippen molar-refractivity contribution in [2.45, 2.75) is 6.54 Å². The molecule has 0 saturated heterocycles. The van der Waals surface area contributed by atoms with Gasteiger partial charge >= 0.3 is 5.69 Å². The van der Waals surface area contributed by atoms with Crippen LogP contribution in [0.4, 0.5) is 11.5 Å². The van der Waals surface area contributed by atoms with Crippen LogP contribution in [0.5, 0.6) is 0 Å². The van der Waals surface area contributed by atoms with Crippen molar-refractivity contribution in [2.24, 2.45) is 0 Å². The number of rotatable bonds is 4. The van der Waals surface area contributed by atoms with Crippen LogP contribution in [0.15, 0.2) is 36.4 Å². The molecule has 0 spiro atoms. The second-order valence-corrected chi connectivity index (χ2v) is 4.50. The average Bonchev–Trinajstić information content (AvgIpc) is 2.37. The number of anilines is 1. The minimum Gasteiger partial charge on any atom is -0.360 e. The maximum Gasteiger partial charge on any atom is 0.311 e. The Morgan fingerprint density at radius 2 is 1.95 bits per heavy atom. The van der Waals surface area contributed by atoms with Gasteiger partial charge in [0.05, 0.1) is 4.92 Å². The lowest BCUT2D eigenvalue weighted by atomic mass is 10.2. The third-order valence-electron chi connectivity index (χ3n) is 2.44. The van der Waals surface area contributed by atoms with Gasteiger partial charge in [-0.15, -0.1) is 0 Å². The number of nitrogens with one attached hydrogen (secondary N) is 1. The molecule has 0 aliphatic heterocycles. The van der Waals surface area contributed by atoms with Gasteiger partial charge in [-0.05, 0) is 17.7 Å². The van der Waals surface area contributed by atoms with Crippen LogP contribution in [-0.2, 0) is 6.54 Å². The first kappa shape index (κ1) is 13.6. The van der Waals surface area contributed by atoms with Crippen LogP contribution < -0.4 is 5.32 Å². The molecule has 0 unspecified atom stereocenters. The van der Waals surface area contributed by atoms with Crippen molar-refractivity contribution < 1.29 is 4.92 Å². The van der Waals surface area contributed by atoms with Gasteiger partial charge in [0.25, 0.3) is 0 Å². The highest BCUT2D eigenvalue weighted by Gasteiger charge is 2.15. The van der Waals surface area contributed by atoms with Gasteiger partial charge in [-0.2, -0.15) is 0 Å². The minimum absolute atomic E-state index is 0.123. The van der Waals surface area contributed by atoms with Crippen LogP contribution in [0.2, 0.25) is 10.2 Å². The van der Waals surface area contributed by atoms with Gasteiger partial charge < -0.3 is 5.32 Å². The lowest BCUT2D eigenvalue weighted by Crippen LogP contribution is -2.05. The van der Waals surface area contributed by atoms with Gasteiger partial charge in [0.2, 0.25) is 5.82 Å². The third kappa shape index (κ3) is 3.33. The fraction of sp³-hybridized carbons (Fsp3) is 0.0833. The maximum atomic E-state index is 10.9. The fourth-order valence-electron chi connectivity index (χ4n) is 1.53. The fourth-order valence-corrected chi connectivity index (χ4v) is 1.88. The molecule has 0 bridgehead atoms. The molecule has 5 nitrogen and oxygen atoms in total. The van der Waals surface area contributed by atoms with E-state index in [-0.39, 0.29) is 16.7 Å². The van der Waals surface area contributed by atoms with Crippen LogP contribution in [0.25, 0.3) is 0 Å². The summed E-state index contributed by atoms with van der Waals surface area (Å²) in [5.74, 6) is 0.123. The summed E-state index contributed by atoms with van der Waals surface area (Å²) in [5.41, 5.74) is 0.691. The normalized spacial score (nSPS) is 10.2. The van der Waals surface area contributed by atoms with E-state index in [9.17, 15) is 10.1 Å². The molecule has 0 atom stereocenters. The summed E-state index contributed by atoms with van der Waals surface area (Å²) in [4.78, 5) is 14.3. The highest BCUT2D eigenvalue weighted by molar-refractivity contribution is 6.31. The molecule has 1 heterocycles. The standard InChI is InChI=1S/C12H9Cl2N3O2/c13-9-4-2-1-3-8(9)7-15-12-10(17(18)19)5-6-11(14)16-12/h1-6H,7H2,(H,15,16). The number of halogens is 2. The highest BCUT2D eigenvalue weighted by Crippen LogP contribution is 2.25. The van der Waals surface area contributed by atoms with E-state index in [1.165, 1.54) is 12.1 Å². The number of hydrogen-bond donors (Lipinski definition) is 1. The molecular formula is C12H9Cl2N3O2. The van der Waals surface area contributed by atoms with Gasteiger partial charge in [-0.25, -0.2) is 4.98 Å². The highest BCUT2D eigenvalue weighted by atomic mass is 35.5. The van der Waals surface area contributed by atoms with Gasteiger partial charge in [0.1, 0.15) is 5.15 Å². The smallest absolute Gasteiger partial charge is 0.311 e. The second-order valence-electron chi connectivity index (χ2n) is 3.70. The van der Waals surface area contributed by atoms with Crippen molar-refractivity contribution in [1.82, 2.24) is 4.98 Å². The number of nitro groups is 1. The summed E-state index contributed by atoms with van der Waals surface area (Å²) in [5, 5.41) is 14.5. The summed E-state index contributed by atoms with van der Waals surface area (Å²) in [6.45, 7) is 0.327. The molecule has 0 aliphatic rings. The molecular weight excluding hydrogens is 289 g/mol. The predicted molar refractivity (Wildman–Crippen MR) is 74.7 cm³/mol. The van der Waals surface area contributed by atoms with Gasteiger partial charge in [0.15, 0.2) is 0 Å².